The van der Waals surface area contributed by atoms with Gasteiger partial charge in [0.25, 0.3) is 0 Å². The number of urea groups is 1. The summed E-state index contributed by atoms with van der Waals surface area (Å²) in [5.41, 5.74) is 33.0. The van der Waals surface area contributed by atoms with E-state index in [4.69, 9.17) is 34.4 Å². The fourth-order valence-electron chi connectivity index (χ4n) is 5.77. The van der Waals surface area contributed by atoms with Gasteiger partial charge in [-0.1, -0.05) is 103 Å². The standard InChI is InChI=1S/C35H76N10O/c36-25-17-9-1-5-13-21-29-44(30-22-14-6-2-10-18-26-37)35(46)45(31-23-15-7-3-11-19-27-42-33(38)39)32-24-16-8-4-12-20-28-43-34(40)41/h1-32,36-37H2,(H4,38,39,42)(H4,40,41,43). The van der Waals surface area contributed by atoms with Crippen molar-refractivity contribution in [1.29, 1.82) is 0 Å². The van der Waals surface area contributed by atoms with E-state index in [0.29, 0.717) is 13.1 Å². The van der Waals surface area contributed by atoms with Gasteiger partial charge in [-0.2, -0.15) is 0 Å². The van der Waals surface area contributed by atoms with Crippen molar-refractivity contribution in [2.45, 2.75) is 154 Å². The van der Waals surface area contributed by atoms with E-state index in [1.54, 1.807) is 0 Å². The monoisotopic (exact) mass is 653 g/mol. The minimum Gasteiger partial charge on any atom is -0.370 e. The molecule has 272 valence electrons. The molecular formula is C35H76N10O. The van der Waals surface area contributed by atoms with Crippen molar-refractivity contribution in [3.63, 3.8) is 0 Å². The number of rotatable bonds is 34. The summed E-state index contributed by atoms with van der Waals surface area (Å²) in [6.45, 7) is 6.40. The highest BCUT2D eigenvalue weighted by atomic mass is 16.2. The van der Waals surface area contributed by atoms with E-state index in [1.165, 1.54) is 77.0 Å². The van der Waals surface area contributed by atoms with Gasteiger partial charge in [-0.05, 0) is 64.5 Å². The van der Waals surface area contributed by atoms with Crippen LogP contribution in [0.4, 0.5) is 4.79 Å². The molecule has 46 heavy (non-hydrogen) atoms. The van der Waals surface area contributed by atoms with Crippen LogP contribution < -0.4 is 34.4 Å². The molecule has 0 spiro atoms. The number of unbranched alkanes of at least 4 members (excludes halogenated alkanes) is 20. The first-order valence-electron chi connectivity index (χ1n) is 19.0. The van der Waals surface area contributed by atoms with Crippen molar-refractivity contribution >= 4 is 18.0 Å². The molecule has 0 atom stereocenters. The largest absolute Gasteiger partial charge is 0.370 e. The topological polar surface area (TPSA) is 204 Å². The van der Waals surface area contributed by atoms with Gasteiger partial charge in [0, 0.05) is 39.3 Å². The van der Waals surface area contributed by atoms with Crippen molar-refractivity contribution in [3.8, 4) is 0 Å². The molecule has 11 nitrogen and oxygen atoms in total. The zero-order chi connectivity index (χ0) is 33.9. The Morgan fingerprint density at radius 1 is 0.370 bits per heavy atom. The van der Waals surface area contributed by atoms with Crippen molar-refractivity contribution in [2.75, 3.05) is 52.4 Å². The van der Waals surface area contributed by atoms with Crippen LogP contribution in [0.2, 0.25) is 0 Å². The predicted molar refractivity (Wildman–Crippen MR) is 199 cm³/mol. The Hall–Kier alpha value is -2.27. The predicted octanol–water partition coefficient (Wildman–Crippen LogP) is 5.54. The molecule has 0 aromatic heterocycles. The van der Waals surface area contributed by atoms with Crippen LogP contribution >= 0.6 is 0 Å². The van der Waals surface area contributed by atoms with Crippen molar-refractivity contribution in [1.82, 2.24) is 9.80 Å². The van der Waals surface area contributed by atoms with Gasteiger partial charge in [0.05, 0.1) is 0 Å². The van der Waals surface area contributed by atoms with Crippen LogP contribution in [0.3, 0.4) is 0 Å². The van der Waals surface area contributed by atoms with Crippen molar-refractivity contribution < 1.29 is 4.79 Å². The maximum absolute atomic E-state index is 14.0. The molecule has 2 amide bonds. The molecule has 0 aliphatic heterocycles. The number of hydrogen-bond donors (Lipinski definition) is 6. The maximum atomic E-state index is 14.0. The Kier molecular flexibility index (Phi) is 32.4. The van der Waals surface area contributed by atoms with E-state index in [9.17, 15) is 4.79 Å². The zero-order valence-electron chi connectivity index (χ0n) is 29.8. The zero-order valence-corrected chi connectivity index (χ0v) is 29.8. The van der Waals surface area contributed by atoms with Crippen LogP contribution in [0.25, 0.3) is 0 Å². The van der Waals surface area contributed by atoms with E-state index in [0.717, 1.165) is 116 Å². The van der Waals surface area contributed by atoms with Gasteiger partial charge in [0.15, 0.2) is 11.9 Å². The summed E-state index contributed by atoms with van der Waals surface area (Å²) in [6.07, 6.45) is 27.5. The first kappa shape index (κ1) is 43.7. The van der Waals surface area contributed by atoms with Gasteiger partial charge >= 0.3 is 6.03 Å². The molecule has 0 rings (SSSR count). The Bertz CT molecular complexity index is 674. The minimum absolute atomic E-state index is 0.173. The Balaban J connectivity index is 4.94. The lowest BCUT2D eigenvalue weighted by molar-refractivity contribution is 0.148. The summed E-state index contributed by atoms with van der Waals surface area (Å²) < 4.78 is 0. The number of carbonyl (C=O) groups excluding carboxylic acids is 1. The molecule has 0 heterocycles. The second-order valence-electron chi connectivity index (χ2n) is 12.9. The van der Waals surface area contributed by atoms with E-state index >= 15 is 0 Å². The van der Waals surface area contributed by atoms with E-state index in [-0.39, 0.29) is 18.0 Å². The van der Waals surface area contributed by atoms with Gasteiger partial charge in [0.1, 0.15) is 0 Å². The molecule has 12 N–H and O–H groups in total. The first-order valence-corrected chi connectivity index (χ1v) is 19.0. The molecule has 0 aliphatic rings. The lowest BCUT2D eigenvalue weighted by Gasteiger charge is -2.31. The number of nitrogens with zero attached hydrogens (tertiary/aromatic N) is 4. The van der Waals surface area contributed by atoms with Crippen molar-refractivity contribution in [2.24, 2.45) is 44.4 Å². The van der Waals surface area contributed by atoms with Gasteiger partial charge in [-0.15, -0.1) is 0 Å². The number of hydrogen-bond acceptors (Lipinski definition) is 5. The lowest BCUT2D eigenvalue weighted by atomic mass is 10.1. The van der Waals surface area contributed by atoms with Gasteiger partial charge in [-0.3, -0.25) is 9.98 Å². The molecule has 0 saturated carbocycles. The first-order chi connectivity index (χ1) is 22.4. The third-order valence-electron chi connectivity index (χ3n) is 8.57. The highest BCUT2D eigenvalue weighted by Gasteiger charge is 2.20. The number of aliphatic imine (C=N–C) groups is 2. The van der Waals surface area contributed by atoms with E-state index in [1.807, 2.05) is 0 Å². The van der Waals surface area contributed by atoms with Crippen LogP contribution in [0, 0.1) is 0 Å². The van der Waals surface area contributed by atoms with E-state index < -0.39 is 0 Å². The average molecular weight is 653 g/mol. The fraction of sp³-hybridized carbons (Fsp3) is 0.914. The SMILES string of the molecule is NCCCCCCCCN(CCCCCCCCN)C(=O)N(CCCCCCCCN=C(N)N)CCCCCCCCN=C(N)N. The molecule has 0 bridgehead atoms. The summed E-state index contributed by atoms with van der Waals surface area (Å²) in [6, 6.07) is 0.251. The Morgan fingerprint density at radius 3 is 0.870 bits per heavy atom. The van der Waals surface area contributed by atoms with Gasteiger partial charge < -0.3 is 44.2 Å². The smallest absolute Gasteiger partial charge is 0.319 e. The Morgan fingerprint density at radius 2 is 0.609 bits per heavy atom. The molecule has 0 fully saturated rings. The fourth-order valence-corrected chi connectivity index (χ4v) is 5.77. The quantitative estimate of drug-likeness (QED) is 0.0297. The third-order valence-corrected chi connectivity index (χ3v) is 8.57. The number of carbonyl (C=O) groups is 1. The van der Waals surface area contributed by atoms with Gasteiger partial charge in [-0.25, -0.2) is 4.79 Å². The highest BCUT2D eigenvalue weighted by Crippen LogP contribution is 2.14. The van der Waals surface area contributed by atoms with Crippen molar-refractivity contribution in [3.05, 3.63) is 0 Å². The maximum Gasteiger partial charge on any atom is 0.319 e. The van der Waals surface area contributed by atoms with Crippen LogP contribution in [0.15, 0.2) is 9.98 Å². The molecule has 11 heteroatoms. The molecule has 0 radical (unpaired) electrons. The van der Waals surface area contributed by atoms with Crippen LogP contribution in [-0.4, -0.2) is 80.1 Å². The molecule has 0 saturated heterocycles. The van der Waals surface area contributed by atoms with Crippen LogP contribution in [-0.2, 0) is 0 Å². The molecule has 0 aliphatic carbocycles. The van der Waals surface area contributed by atoms with E-state index in [2.05, 4.69) is 19.8 Å². The summed E-state index contributed by atoms with van der Waals surface area (Å²) in [5, 5.41) is 0. The van der Waals surface area contributed by atoms with Crippen LogP contribution in [0.1, 0.15) is 154 Å². The molecule has 0 aromatic rings. The molecule has 0 aromatic carbocycles. The summed E-state index contributed by atoms with van der Waals surface area (Å²) in [5.74, 6) is 0.346. The second-order valence-corrected chi connectivity index (χ2v) is 12.9. The number of amides is 2. The molecule has 0 unspecified atom stereocenters. The normalized spacial score (nSPS) is 11.0. The number of guanidine groups is 2. The second kappa shape index (κ2) is 34.1. The summed E-state index contributed by atoms with van der Waals surface area (Å²) in [4.78, 5) is 26.5. The minimum atomic E-state index is 0.173. The average Bonchev–Trinajstić information content (AvgIpc) is 3.03. The lowest BCUT2D eigenvalue weighted by Crippen LogP contribution is -2.45. The third kappa shape index (κ3) is 30.4. The highest BCUT2D eigenvalue weighted by molar-refractivity contribution is 5.76. The molecular weight excluding hydrogens is 576 g/mol. The summed E-state index contributed by atoms with van der Waals surface area (Å²) in [7, 11) is 0. The van der Waals surface area contributed by atoms with Gasteiger partial charge in [0.2, 0.25) is 0 Å². The summed E-state index contributed by atoms with van der Waals surface area (Å²) >= 11 is 0. The van der Waals surface area contributed by atoms with Crippen LogP contribution in [0.5, 0.6) is 0 Å². The number of nitrogens with two attached hydrogens (primary N) is 6. The Labute approximate surface area is 283 Å².